The lowest BCUT2D eigenvalue weighted by Crippen LogP contribution is -2.57. The van der Waals surface area contributed by atoms with Gasteiger partial charge in [-0.15, -0.1) is 12.4 Å². The lowest BCUT2D eigenvalue weighted by Gasteiger charge is -2.39. The molecule has 0 aromatic carbocycles. The van der Waals surface area contributed by atoms with Gasteiger partial charge in [-0.2, -0.15) is 17.0 Å². The van der Waals surface area contributed by atoms with Crippen LogP contribution in [-0.2, 0) is 15.0 Å². The van der Waals surface area contributed by atoms with Gasteiger partial charge in [-0.3, -0.25) is 4.79 Å². The highest BCUT2D eigenvalue weighted by Gasteiger charge is 2.34. The van der Waals surface area contributed by atoms with E-state index in [0.717, 1.165) is 13.1 Å². The molecule has 0 atom stereocenters. The summed E-state index contributed by atoms with van der Waals surface area (Å²) in [6, 6.07) is 0. The van der Waals surface area contributed by atoms with Crippen LogP contribution in [0.4, 0.5) is 0 Å². The van der Waals surface area contributed by atoms with Crippen LogP contribution < -0.4 is 5.32 Å². The third kappa shape index (κ3) is 4.53. The molecule has 2 fully saturated rings. The van der Waals surface area contributed by atoms with E-state index in [1.165, 1.54) is 4.31 Å². The molecule has 22 heavy (non-hydrogen) atoms. The van der Waals surface area contributed by atoms with E-state index in [0.29, 0.717) is 45.8 Å². The Balaban J connectivity index is 0.00000242. The first kappa shape index (κ1) is 19.6. The van der Waals surface area contributed by atoms with E-state index in [-0.39, 0.29) is 18.3 Å². The number of nitrogens with one attached hydrogen (secondary N) is 1. The molecular weight excluding hydrogens is 330 g/mol. The molecule has 0 spiro atoms. The Labute approximate surface area is 139 Å². The first-order chi connectivity index (χ1) is 9.95. The zero-order valence-corrected chi connectivity index (χ0v) is 14.8. The second-order valence-electron chi connectivity index (χ2n) is 5.52. The number of hydrogen-bond donors (Lipinski definition) is 1. The van der Waals surface area contributed by atoms with Gasteiger partial charge >= 0.3 is 0 Å². The summed E-state index contributed by atoms with van der Waals surface area (Å²) < 4.78 is 28.2. The SMILES string of the molecule is CNCC(=O)N1CCN(S(=O)(=O)N2CCN(C)CC2)CC1.Cl. The van der Waals surface area contributed by atoms with Crippen LogP contribution >= 0.6 is 12.4 Å². The van der Waals surface area contributed by atoms with Gasteiger partial charge in [0.25, 0.3) is 10.2 Å². The zero-order chi connectivity index (χ0) is 15.5. The van der Waals surface area contributed by atoms with Gasteiger partial charge in [0.05, 0.1) is 6.54 Å². The average molecular weight is 356 g/mol. The van der Waals surface area contributed by atoms with Crippen molar-refractivity contribution in [3.63, 3.8) is 0 Å². The molecule has 0 radical (unpaired) electrons. The van der Waals surface area contributed by atoms with Crippen LogP contribution in [0.15, 0.2) is 0 Å². The number of rotatable bonds is 4. The maximum absolute atomic E-state index is 12.6. The first-order valence-electron chi connectivity index (χ1n) is 7.31. The number of halogens is 1. The van der Waals surface area contributed by atoms with Crippen LogP contribution in [0, 0.1) is 0 Å². The fourth-order valence-corrected chi connectivity index (χ4v) is 4.19. The molecule has 2 rings (SSSR count). The molecule has 0 saturated carbocycles. The minimum absolute atomic E-state index is 0. The Morgan fingerprint density at radius 3 is 1.86 bits per heavy atom. The van der Waals surface area contributed by atoms with E-state index in [4.69, 9.17) is 0 Å². The predicted molar refractivity (Wildman–Crippen MR) is 87.3 cm³/mol. The van der Waals surface area contributed by atoms with Gasteiger partial charge in [-0.05, 0) is 14.1 Å². The van der Waals surface area contributed by atoms with Gasteiger partial charge in [0.1, 0.15) is 0 Å². The molecule has 0 aliphatic carbocycles. The summed E-state index contributed by atoms with van der Waals surface area (Å²) in [5.41, 5.74) is 0. The van der Waals surface area contributed by atoms with Crippen LogP contribution in [0.2, 0.25) is 0 Å². The van der Waals surface area contributed by atoms with Crippen molar-refractivity contribution < 1.29 is 13.2 Å². The van der Waals surface area contributed by atoms with Crippen molar-refractivity contribution in [1.29, 1.82) is 0 Å². The van der Waals surface area contributed by atoms with Gasteiger partial charge in [0.2, 0.25) is 5.91 Å². The van der Waals surface area contributed by atoms with Gasteiger partial charge in [-0.1, -0.05) is 0 Å². The fourth-order valence-electron chi connectivity index (χ4n) is 2.61. The highest BCUT2D eigenvalue weighted by Crippen LogP contribution is 2.14. The maximum atomic E-state index is 12.6. The summed E-state index contributed by atoms with van der Waals surface area (Å²) in [7, 11) is 0.341. The molecule has 0 aromatic rings. The molecule has 0 bridgehead atoms. The van der Waals surface area contributed by atoms with Crippen molar-refractivity contribution in [3.05, 3.63) is 0 Å². The van der Waals surface area contributed by atoms with E-state index in [1.807, 2.05) is 7.05 Å². The molecule has 2 saturated heterocycles. The molecule has 1 amide bonds. The van der Waals surface area contributed by atoms with Crippen LogP contribution in [0.3, 0.4) is 0 Å². The number of nitrogens with zero attached hydrogens (tertiary/aromatic N) is 4. The molecule has 1 N–H and O–H groups in total. The van der Waals surface area contributed by atoms with E-state index in [2.05, 4.69) is 10.2 Å². The molecule has 0 aromatic heterocycles. The van der Waals surface area contributed by atoms with E-state index >= 15 is 0 Å². The summed E-state index contributed by atoms with van der Waals surface area (Å²) >= 11 is 0. The van der Waals surface area contributed by atoms with Crippen LogP contribution in [0.25, 0.3) is 0 Å². The minimum atomic E-state index is -3.38. The molecule has 0 unspecified atom stereocenters. The van der Waals surface area contributed by atoms with Gasteiger partial charge in [0, 0.05) is 52.4 Å². The molecule has 2 heterocycles. The standard InChI is InChI=1S/C12H25N5O3S.ClH/c1-13-11-12(18)15-5-9-17(10-6-15)21(19,20)16-7-3-14(2)4-8-16;/h13H,3-11H2,1-2H3;1H. The second kappa shape index (κ2) is 8.42. The number of piperazine rings is 2. The summed E-state index contributed by atoms with van der Waals surface area (Å²) in [6.07, 6.45) is 0. The second-order valence-corrected chi connectivity index (χ2v) is 7.45. The Bertz CT molecular complexity index is 459. The highest BCUT2D eigenvalue weighted by molar-refractivity contribution is 7.86. The molecule has 10 heteroatoms. The first-order valence-corrected chi connectivity index (χ1v) is 8.71. The lowest BCUT2D eigenvalue weighted by atomic mass is 10.3. The lowest BCUT2D eigenvalue weighted by molar-refractivity contribution is -0.131. The monoisotopic (exact) mass is 355 g/mol. The van der Waals surface area contributed by atoms with Crippen molar-refractivity contribution in [1.82, 2.24) is 23.7 Å². The highest BCUT2D eigenvalue weighted by atomic mass is 35.5. The summed E-state index contributed by atoms with van der Waals surface area (Å²) in [4.78, 5) is 15.6. The zero-order valence-electron chi connectivity index (χ0n) is 13.2. The minimum Gasteiger partial charge on any atom is -0.339 e. The molecule has 130 valence electrons. The van der Waals surface area contributed by atoms with Gasteiger partial charge in [0.15, 0.2) is 0 Å². The molecular formula is C12H26ClN5O3S. The average Bonchev–Trinajstić information content (AvgIpc) is 2.48. The number of carbonyl (C=O) groups excluding carboxylic acids is 1. The quantitative estimate of drug-likeness (QED) is 0.648. The third-order valence-corrected chi connectivity index (χ3v) is 6.07. The fraction of sp³-hybridized carbons (Fsp3) is 0.917. The Kier molecular flexibility index (Phi) is 7.50. The van der Waals surface area contributed by atoms with Crippen LogP contribution in [0.1, 0.15) is 0 Å². The third-order valence-electron chi connectivity index (χ3n) is 4.03. The van der Waals surface area contributed by atoms with Crippen molar-refractivity contribution in [2.45, 2.75) is 0 Å². The largest absolute Gasteiger partial charge is 0.339 e. The van der Waals surface area contributed by atoms with Crippen molar-refractivity contribution in [2.24, 2.45) is 0 Å². The number of hydrogen-bond acceptors (Lipinski definition) is 5. The summed E-state index contributed by atoms with van der Waals surface area (Å²) in [5.74, 6) is 0.0224. The number of carbonyl (C=O) groups is 1. The van der Waals surface area contributed by atoms with Gasteiger partial charge < -0.3 is 15.1 Å². The van der Waals surface area contributed by atoms with E-state index in [9.17, 15) is 13.2 Å². The normalized spacial score (nSPS) is 22.4. The van der Waals surface area contributed by atoms with E-state index < -0.39 is 10.2 Å². The Morgan fingerprint density at radius 1 is 0.955 bits per heavy atom. The molecule has 8 nitrogen and oxygen atoms in total. The Hall–Kier alpha value is -0.450. The van der Waals surface area contributed by atoms with Gasteiger partial charge in [-0.25, -0.2) is 0 Å². The summed E-state index contributed by atoms with van der Waals surface area (Å²) in [6.45, 7) is 4.59. The molecule has 2 aliphatic heterocycles. The number of likely N-dealkylation sites (N-methyl/N-ethyl adjacent to an activating group) is 2. The number of amides is 1. The topological polar surface area (TPSA) is 76.2 Å². The summed E-state index contributed by atoms with van der Waals surface area (Å²) in [5, 5.41) is 2.83. The predicted octanol–water partition coefficient (Wildman–Crippen LogP) is -1.74. The Morgan fingerprint density at radius 2 is 1.41 bits per heavy atom. The smallest absolute Gasteiger partial charge is 0.282 e. The van der Waals surface area contributed by atoms with Crippen LogP contribution in [0.5, 0.6) is 0 Å². The van der Waals surface area contributed by atoms with Crippen LogP contribution in [-0.4, -0.2) is 106 Å². The van der Waals surface area contributed by atoms with Crippen molar-refractivity contribution in [3.8, 4) is 0 Å². The van der Waals surface area contributed by atoms with Crippen molar-refractivity contribution in [2.75, 3.05) is 73.0 Å². The molecule has 2 aliphatic rings. The van der Waals surface area contributed by atoms with Crippen molar-refractivity contribution >= 4 is 28.5 Å². The maximum Gasteiger partial charge on any atom is 0.282 e. The van der Waals surface area contributed by atoms with E-state index in [1.54, 1.807) is 16.3 Å².